The van der Waals surface area contributed by atoms with E-state index in [1.165, 1.54) is 6.42 Å². The molecule has 0 radical (unpaired) electrons. The Kier molecular flexibility index (Phi) is 6.44. The van der Waals surface area contributed by atoms with E-state index in [-0.39, 0.29) is 6.03 Å². The summed E-state index contributed by atoms with van der Waals surface area (Å²) in [7, 11) is 1.66. The molecule has 2 heterocycles. The standard InChI is InChI=1S/C19H26N4O2S/c1-25-17-8-4-3-7-16(17)13-23-18(9-10-20-23)21-19(24)22-11-5-6-15(12-22)14-26-2/h3-4,7-10,15H,5-6,11-14H2,1-2H3,(H,21,24)/t15-/m0/s1. The van der Waals surface area contributed by atoms with Gasteiger partial charge in [0.15, 0.2) is 0 Å². The zero-order chi connectivity index (χ0) is 18.4. The maximum absolute atomic E-state index is 12.7. The van der Waals surface area contributed by atoms with Crippen LogP contribution in [0, 0.1) is 5.92 Å². The van der Waals surface area contributed by atoms with Crippen molar-refractivity contribution in [1.82, 2.24) is 14.7 Å². The van der Waals surface area contributed by atoms with Crippen LogP contribution in [-0.2, 0) is 6.54 Å². The summed E-state index contributed by atoms with van der Waals surface area (Å²) in [6, 6.07) is 9.63. The van der Waals surface area contributed by atoms with Crippen LogP contribution in [0.1, 0.15) is 18.4 Å². The lowest BCUT2D eigenvalue weighted by Gasteiger charge is -2.32. The van der Waals surface area contributed by atoms with Crippen LogP contribution in [0.2, 0.25) is 0 Å². The highest BCUT2D eigenvalue weighted by atomic mass is 32.2. The zero-order valence-electron chi connectivity index (χ0n) is 15.4. The molecule has 140 valence electrons. The monoisotopic (exact) mass is 374 g/mol. The van der Waals surface area contributed by atoms with Gasteiger partial charge in [0.25, 0.3) is 0 Å². The SMILES string of the molecule is COc1ccccc1Cn1nccc1NC(=O)N1CCC[C@H](CSC)C1. The molecule has 1 aromatic carbocycles. The molecule has 0 bridgehead atoms. The molecule has 1 aliphatic heterocycles. The van der Waals surface area contributed by atoms with Crippen molar-refractivity contribution in [3.8, 4) is 5.75 Å². The number of likely N-dealkylation sites (tertiary alicyclic amines) is 1. The molecular weight excluding hydrogens is 348 g/mol. The molecule has 1 atom stereocenters. The van der Waals surface area contributed by atoms with Crippen molar-refractivity contribution in [2.75, 3.05) is 37.5 Å². The lowest BCUT2D eigenvalue weighted by molar-refractivity contribution is 0.183. The number of carbonyl (C=O) groups excluding carboxylic acids is 1. The molecule has 1 aromatic heterocycles. The number of benzene rings is 1. The number of methoxy groups -OCH3 is 1. The molecule has 26 heavy (non-hydrogen) atoms. The minimum absolute atomic E-state index is 0.0439. The average molecular weight is 375 g/mol. The Morgan fingerprint density at radius 1 is 1.38 bits per heavy atom. The van der Waals surface area contributed by atoms with Gasteiger partial charge in [-0.25, -0.2) is 9.48 Å². The molecule has 1 fully saturated rings. The van der Waals surface area contributed by atoms with Gasteiger partial charge in [-0.15, -0.1) is 0 Å². The van der Waals surface area contributed by atoms with Gasteiger partial charge >= 0.3 is 6.03 Å². The summed E-state index contributed by atoms with van der Waals surface area (Å²) in [5.74, 6) is 3.21. The van der Waals surface area contributed by atoms with Gasteiger partial charge in [-0.2, -0.15) is 16.9 Å². The number of hydrogen-bond acceptors (Lipinski definition) is 4. The molecule has 2 amide bonds. The van der Waals surface area contributed by atoms with Crippen LogP contribution in [0.25, 0.3) is 0 Å². The second kappa shape index (κ2) is 8.98. The summed E-state index contributed by atoms with van der Waals surface area (Å²) in [6.45, 7) is 2.19. The number of ether oxygens (including phenoxy) is 1. The summed E-state index contributed by atoms with van der Waals surface area (Å²) in [4.78, 5) is 14.6. The molecular formula is C19H26N4O2S. The van der Waals surface area contributed by atoms with Crippen LogP contribution in [-0.4, -0.2) is 52.9 Å². The maximum Gasteiger partial charge on any atom is 0.323 e. The van der Waals surface area contributed by atoms with Gasteiger partial charge in [0.2, 0.25) is 0 Å². The Morgan fingerprint density at radius 2 is 2.23 bits per heavy atom. The second-order valence-electron chi connectivity index (χ2n) is 6.53. The van der Waals surface area contributed by atoms with Crippen LogP contribution in [0.3, 0.4) is 0 Å². The molecule has 1 aliphatic rings. The first-order chi connectivity index (χ1) is 12.7. The van der Waals surface area contributed by atoms with E-state index in [1.54, 1.807) is 18.0 Å². The highest BCUT2D eigenvalue weighted by Gasteiger charge is 2.24. The molecule has 1 N–H and O–H groups in total. The smallest absolute Gasteiger partial charge is 0.323 e. The molecule has 0 unspecified atom stereocenters. The minimum Gasteiger partial charge on any atom is -0.496 e. The Bertz CT molecular complexity index is 732. The number of anilines is 1. The average Bonchev–Trinajstić information content (AvgIpc) is 3.09. The summed E-state index contributed by atoms with van der Waals surface area (Å²) >= 11 is 1.85. The van der Waals surface area contributed by atoms with Crippen LogP contribution in [0.5, 0.6) is 5.75 Å². The Morgan fingerprint density at radius 3 is 3.04 bits per heavy atom. The van der Waals surface area contributed by atoms with Gasteiger partial charge in [0.05, 0.1) is 19.9 Å². The number of piperidine rings is 1. The maximum atomic E-state index is 12.7. The van der Waals surface area contributed by atoms with Gasteiger partial charge in [-0.1, -0.05) is 18.2 Å². The minimum atomic E-state index is -0.0439. The first kappa shape index (κ1) is 18.6. The van der Waals surface area contributed by atoms with Crippen molar-refractivity contribution in [3.05, 3.63) is 42.1 Å². The number of carbonyl (C=O) groups is 1. The number of urea groups is 1. The van der Waals surface area contributed by atoms with Gasteiger partial charge in [0, 0.05) is 24.7 Å². The van der Waals surface area contributed by atoms with E-state index in [2.05, 4.69) is 16.7 Å². The normalized spacial score (nSPS) is 17.2. The van der Waals surface area contributed by atoms with E-state index in [9.17, 15) is 4.79 Å². The fraction of sp³-hybridized carbons (Fsp3) is 0.474. The van der Waals surface area contributed by atoms with Crippen molar-refractivity contribution >= 4 is 23.6 Å². The number of amides is 2. The van der Waals surface area contributed by atoms with E-state index in [4.69, 9.17) is 4.74 Å². The number of rotatable bonds is 6. The molecule has 3 rings (SSSR count). The van der Waals surface area contributed by atoms with Gasteiger partial charge in [0.1, 0.15) is 11.6 Å². The largest absolute Gasteiger partial charge is 0.496 e. The first-order valence-corrected chi connectivity index (χ1v) is 10.3. The van der Waals surface area contributed by atoms with E-state index >= 15 is 0 Å². The number of para-hydroxylation sites is 1. The molecule has 0 spiro atoms. The van der Waals surface area contributed by atoms with Gasteiger partial charge in [-0.3, -0.25) is 5.32 Å². The highest BCUT2D eigenvalue weighted by Crippen LogP contribution is 2.22. The lowest BCUT2D eigenvalue weighted by atomic mass is 10.0. The number of hydrogen-bond donors (Lipinski definition) is 1. The van der Waals surface area contributed by atoms with Crippen molar-refractivity contribution < 1.29 is 9.53 Å². The lowest BCUT2D eigenvalue weighted by Crippen LogP contribution is -2.43. The van der Waals surface area contributed by atoms with Gasteiger partial charge in [-0.05, 0) is 36.8 Å². The third-order valence-electron chi connectivity index (χ3n) is 4.67. The third kappa shape index (κ3) is 4.52. The Balaban J connectivity index is 1.66. The van der Waals surface area contributed by atoms with E-state index in [1.807, 2.05) is 47.0 Å². The highest BCUT2D eigenvalue weighted by molar-refractivity contribution is 7.98. The predicted octanol–water partition coefficient (Wildman–Crippen LogP) is 3.55. The predicted molar refractivity (Wildman–Crippen MR) is 106 cm³/mol. The molecule has 1 saturated heterocycles. The summed E-state index contributed by atoms with van der Waals surface area (Å²) in [5.41, 5.74) is 1.02. The molecule has 0 saturated carbocycles. The van der Waals surface area contributed by atoms with Crippen LogP contribution < -0.4 is 10.1 Å². The number of thioether (sulfide) groups is 1. The second-order valence-corrected chi connectivity index (χ2v) is 7.44. The van der Waals surface area contributed by atoms with Crippen LogP contribution >= 0.6 is 11.8 Å². The first-order valence-electron chi connectivity index (χ1n) is 8.90. The van der Waals surface area contributed by atoms with Crippen molar-refractivity contribution in [2.24, 2.45) is 5.92 Å². The molecule has 0 aliphatic carbocycles. The van der Waals surface area contributed by atoms with Crippen molar-refractivity contribution in [3.63, 3.8) is 0 Å². The quantitative estimate of drug-likeness (QED) is 0.840. The number of aromatic nitrogens is 2. The molecule has 7 heteroatoms. The van der Waals surface area contributed by atoms with E-state index in [0.717, 1.165) is 36.6 Å². The molecule has 6 nitrogen and oxygen atoms in total. The Labute approximate surface area is 158 Å². The summed E-state index contributed by atoms with van der Waals surface area (Å²) in [5, 5.41) is 7.37. The molecule has 2 aromatic rings. The van der Waals surface area contributed by atoms with Gasteiger partial charge < -0.3 is 9.64 Å². The number of nitrogens with zero attached hydrogens (tertiary/aromatic N) is 3. The summed E-state index contributed by atoms with van der Waals surface area (Å²) in [6.07, 6.45) is 6.10. The summed E-state index contributed by atoms with van der Waals surface area (Å²) < 4.78 is 7.20. The van der Waals surface area contributed by atoms with E-state index in [0.29, 0.717) is 18.3 Å². The number of nitrogens with one attached hydrogen (secondary N) is 1. The van der Waals surface area contributed by atoms with Crippen molar-refractivity contribution in [2.45, 2.75) is 19.4 Å². The van der Waals surface area contributed by atoms with Crippen LogP contribution in [0.15, 0.2) is 36.5 Å². The Hall–Kier alpha value is -2.15. The zero-order valence-corrected chi connectivity index (χ0v) is 16.2. The topological polar surface area (TPSA) is 59.4 Å². The fourth-order valence-corrected chi connectivity index (χ4v) is 4.11. The fourth-order valence-electron chi connectivity index (χ4n) is 3.37. The van der Waals surface area contributed by atoms with Crippen molar-refractivity contribution in [1.29, 1.82) is 0 Å². The third-order valence-corrected chi connectivity index (χ3v) is 5.48. The van der Waals surface area contributed by atoms with Crippen LogP contribution in [0.4, 0.5) is 10.6 Å². The van der Waals surface area contributed by atoms with E-state index < -0.39 is 0 Å².